The fourth-order valence-electron chi connectivity index (χ4n) is 2.72. The lowest BCUT2D eigenvalue weighted by molar-refractivity contribution is -0.158. The van der Waals surface area contributed by atoms with Crippen LogP contribution in [0.1, 0.15) is 24.9 Å². The molecule has 2 unspecified atom stereocenters. The standard InChI is InChI=1S/C15H21F3N2/c1-2-20-9-8-12(11-20)10-19-14(15(16,17)18)13-6-4-3-5-7-13/h3-7,12,14,19H,2,8-11H2,1H3. The Kier molecular flexibility index (Phi) is 5.05. The molecule has 0 aliphatic carbocycles. The minimum absolute atomic E-state index is 0.283. The predicted molar refractivity (Wildman–Crippen MR) is 73.5 cm³/mol. The molecule has 0 bridgehead atoms. The van der Waals surface area contributed by atoms with Gasteiger partial charge in [-0.15, -0.1) is 0 Å². The number of nitrogens with zero attached hydrogens (tertiary/aromatic N) is 1. The number of benzene rings is 1. The molecule has 2 nitrogen and oxygen atoms in total. The largest absolute Gasteiger partial charge is 0.407 e. The lowest BCUT2D eigenvalue weighted by Gasteiger charge is -2.24. The molecule has 0 aromatic heterocycles. The third-order valence-electron chi connectivity index (χ3n) is 3.89. The van der Waals surface area contributed by atoms with Crippen molar-refractivity contribution in [2.45, 2.75) is 25.6 Å². The monoisotopic (exact) mass is 286 g/mol. The van der Waals surface area contributed by atoms with Crippen LogP contribution in [0.2, 0.25) is 0 Å². The van der Waals surface area contributed by atoms with Crippen molar-refractivity contribution in [2.75, 3.05) is 26.2 Å². The highest BCUT2D eigenvalue weighted by molar-refractivity contribution is 5.20. The van der Waals surface area contributed by atoms with Gasteiger partial charge >= 0.3 is 6.18 Å². The van der Waals surface area contributed by atoms with Gasteiger partial charge in [-0.3, -0.25) is 0 Å². The van der Waals surface area contributed by atoms with Crippen LogP contribution in [0, 0.1) is 5.92 Å². The minimum atomic E-state index is -4.26. The van der Waals surface area contributed by atoms with Crippen molar-refractivity contribution in [3.8, 4) is 0 Å². The molecule has 1 aliphatic rings. The molecule has 5 heteroatoms. The molecule has 0 radical (unpaired) electrons. The zero-order valence-electron chi connectivity index (χ0n) is 11.7. The topological polar surface area (TPSA) is 15.3 Å². The van der Waals surface area contributed by atoms with E-state index in [2.05, 4.69) is 17.1 Å². The van der Waals surface area contributed by atoms with Gasteiger partial charge < -0.3 is 10.2 Å². The first kappa shape index (κ1) is 15.3. The van der Waals surface area contributed by atoms with Gasteiger partial charge in [0.2, 0.25) is 0 Å². The molecule has 1 saturated heterocycles. The fourth-order valence-corrected chi connectivity index (χ4v) is 2.72. The Morgan fingerprint density at radius 2 is 2.00 bits per heavy atom. The smallest absolute Gasteiger partial charge is 0.303 e. The van der Waals surface area contributed by atoms with Crippen LogP contribution >= 0.6 is 0 Å². The molecule has 1 N–H and O–H groups in total. The molecule has 2 atom stereocenters. The molecule has 1 aliphatic heterocycles. The first-order valence-corrected chi connectivity index (χ1v) is 7.08. The third kappa shape index (κ3) is 3.96. The Labute approximate surface area is 118 Å². The normalized spacial score (nSPS) is 22.1. The molecule has 0 amide bonds. The van der Waals surface area contributed by atoms with Crippen LogP contribution in [0.25, 0.3) is 0 Å². The van der Waals surface area contributed by atoms with Crippen LogP contribution in [0.4, 0.5) is 13.2 Å². The van der Waals surface area contributed by atoms with E-state index in [0.29, 0.717) is 12.5 Å². The summed E-state index contributed by atoms with van der Waals surface area (Å²) in [4.78, 5) is 2.28. The van der Waals surface area contributed by atoms with Gasteiger partial charge in [-0.05, 0) is 31.0 Å². The van der Waals surface area contributed by atoms with Crippen LogP contribution in [0.15, 0.2) is 30.3 Å². The summed E-state index contributed by atoms with van der Waals surface area (Å²) in [6, 6.07) is 6.50. The van der Waals surface area contributed by atoms with E-state index in [-0.39, 0.29) is 5.56 Å². The summed E-state index contributed by atoms with van der Waals surface area (Å²) >= 11 is 0. The maximum absolute atomic E-state index is 13.1. The van der Waals surface area contributed by atoms with E-state index in [1.807, 2.05) is 0 Å². The number of nitrogens with one attached hydrogen (secondary N) is 1. The van der Waals surface area contributed by atoms with Gasteiger partial charge in [-0.25, -0.2) is 0 Å². The highest BCUT2D eigenvalue weighted by Gasteiger charge is 2.40. The molecule has 2 rings (SSSR count). The van der Waals surface area contributed by atoms with E-state index in [9.17, 15) is 13.2 Å². The number of halogens is 3. The number of alkyl halides is 3. The summed E-state index contributed by atoms with van der Waals surface area (Å²) in [5.74, 6) is 0.309. The molecule has 1 aromatic carbocycles. The summed E-state index contributed by atoms with van der Waals surface area (Å²) in [7, 11) is 0. The summed E-state index contributed by atoms with van der Waals surface area (Å²) in [5, 5.41) is 2.71. The van der Waals surface area contributed by atoms with Gasteiger partial charge in [0, 0.05) is 13.1 Å². The second kappa shape index (κ2) is 6.59. The minimum Gasteiger partial charge on any atom is -0.303 e. The number of likely N-dealkylation sites (tertiary alicyclic amines) is 1. The van der Waals surface area contributed by atoms with Gasteiger partial charge in [-0.2, -0.15) is 13.2 Å². The molecule has 112 valence electrons. The summed E-state index contributed by atoms with van der Waals surface area (Å²) in [5.41, 5.74) is 0.283. The zero-order chi connectivity index (χ0) is 14.6. The molecular formula is C15H21F3N2. The lowest BCUT2D eigenvalue weighted by atomic mass is 10.0. The van der Waals surface area contributed by atoms with Crippen molar-refractivity contribution in [3.05, 3.63) is 35.9 Å². The SMILES string of the molecule is CCN1CCC(CNC(c2ccccc2)C(F)(F)F)C1. The average molecular weight is 286 g/mol. The Hall–Kier alpha value is -1.07. The van der Waals surface area contributed by atoms with E-state index < -0.39 is 12.2 Å². The second-order valence-corrected chi connectivity index (χ2v) is 5.34. The van der Waals surface area contributed by atoms with Crippen molar-refractivity contribution in [1.29, 1.82) is 0 Å². The maximum Gasteiger partial charge on any atom is 0.407 e. The van der Waals surface area contributed by atoms with E-state index in [1.165, 1.54) is 12.1 Å². The van der Waals surface area contributed by atoms with Crippen molar-refractivity contribution in [3.63, 3.8) is 0 Å². The predicted octanol–water partition coefficient (Wildman–Crippen LogP) is 3.22. The van der Waals surface area contributed by atoms with Crippen molar-refractivity contribution in [1.82, 2.24) is 10.2 Å². The first-order chi connectivity index (χ1) is 9.50. The Bertz CT molecular complexity index is 405. The Morgan fingerprint density at radius 3 is 2.55 bits per heavy atom. The van der Waals surface area contributed by atoms with Gasteiger partial charge in [-0.1, -0.05) is 37.3 Å². The van der Waals surface area contributed by atoms with Crippen molar-refractivity contribution < 1.29 is 13.2 Å². The van der Waals surface area contributed by atoms with Crippen LogP contribution in [-0.2, 0) is 0 Å². The van der Waals surface area contributed by atoms with Crippen LogP contribution in [0.3, 0.4) is 0 Å². The van der Waals surface area contributed by atoms with E-state index in [1.54, 1.807) is 18.2 Å². The first-order valence-electron chi connectivity index (χ1n) is 7.08. The fraction of sp³-hybridized carbons (Fsp3) is 0.600. The van der Waals surface area contributed by atoms with Gasteiger partial charge in [0.25, 0.3) is 0 Å². The van der Waals surface area contributed by atoms with Crippen molar-refractivity contribution >= 4 is 0 Å². The molecule has 1 fully saturated rings. The quantitative estimate of drug-likeness (QED) is 0.894. The summed E-state index contributed by atoms with van der Waals surface area (Å²) < 4.78 is 39.4. The van der Waals surface area contributed by atoms with Gasteiger partial charge in [0.15, 0.2) is 0 Å². The van der Waals surface area contributed by atoms with Crippen LogP contribution < -0.4 is 5.32 Å². The summed E-state index contributed by atoms with van der Waals surface area (Å²) in [6.45, 7) is 5.35. The van der Waals surface area contributed by atoms with E-state index in [4.69, 9.17) is 0 Å². The third-order valence-corrected chi connectivity index (χ3v) is 3.89. The summed E-state index contributed by atoms with van der Waals surface area (Å²) in [6.07, 6.45) is -3.29. The van der Waals surface area contributed by atoms with Gasteiger partial charge in [0.1, 0.15) is 6.04 Å². The molecule has 0 spiro atoms. The molecule has 1 aromatic rings. The van der Waals surface area contributed by atoms with Crippen molar-refractivity contribution in [2.24, 2.45) is 5.92 Å². The number of hydrogen-bond acceptors (Lipinski definition) is 2. The van der Waals surface area contributed by atoms with Gasteiger partial charge in [0.05, 0.1) is 0 Å². The Morgan fingerprint density at radius 1 is 1.30 bits per heavy atom. The number of hydrogen-bond donors (Lipinski definition) is 1. The highest BCUT2D eigenvalue weighted by atomic mass is 19.4. The number of rotatable bonds is 5. The Balaban J connectivity index is 1.96. The maximum atomic E-state index is 13.1. The van der Waals surface area contributed by atoms with E-state index in [0.717, 1.165) is 26.1 Å². The molecule has 1 heterocycles. The molecular weight excluding hydrogens is 265 g/mol. The molecule has 0 saturated carbocycles. The second-order valence-electron chi connectivity index (χ2n) is 5.34. The highest BCUT2D eigenvalue weighted by Crippen LogP contribution is 2.32. The lowest BCUT2D eigenvalue weighted by Crippen LogP contribution is -2.37. The van der Waals surface area contributed by atoms with Crippen LogP contribution in [-0.4, -0.2) is 37.3 Å². The average Bonchev–Trinajstić information content (AvgIpc) is 2.87. The van der Waals surface area contributed by atoms with E-state index >= 15 is 0 Å². The zero-order valence-corrected chi connectivity index (χ0v) is 11.7. The molecule has 20 heavy (non-hydrogen) atoms. The van der Waals surface area contributed by atoms with Crippen LogP contribution in [0.5, 0.6) is 0 Å².